The maximum absolute atomic E-state index is 13.9. The second-order valence-corrected chi connectivity index (χ2v) is 5.78. The average molecular weight is 331 g/mol. The van der Waals surface area contributed by atoms with Gasteiger partial charge in [0.1, 0.15) is 17.1 Å². The van der Waals surface area contributed by atoms with Gasteiger partial charge in [-0.3, -0.25) is 9.78 Å². The summed E-state index contributed by atoms with van der Waals surface area (Å²) >= 11 is 0. The number of ether oxygens (including phenoxy) is 1. The number of aliphatic hydroxyl groups is 1. The number of hydrogen-bond donors (Lipinski definition) is 1. The van der Waals surface area contributed by atoms with E-state index in [1.165, 1.54) is 24.7 Å². The molecular weight excluding hydrogens is 313 g/mol. The van der Waals surface area contributed by atoms with E-state index < -0.39 is 5.60 Å². The summed E-state index contributed by atoms with van der Waals surface area (Å²) in [5.41, 5.74) is -0.351. The van der Waals surface area contributed by atoms with Crippen LogP contribution in [0, 0.1) is 5.82 Å². The van der Waals surface area contributed by atoms with E-state index in [1.54, 1.807) is 23.1 Å². The van der Waals surface area contributed by atoms with Crippen LogP contribution in [-0.4, -0.2) is 57.8 Å². The SMILES string of the molecule is O=C(c1cnccn1)N1CCO[C@@](CO)(Cc2ccccc2F)C1. The minimum Gasteiger partial charge on any atom is -0.393 e. The van der Waals surface area contributed by atoms with Gasteiger partial charge in [-0.25, -0.2) is 9.37 Å². The predicted octanol–water partition coefficient (Wildman–Crippen LogP) is 1.06. The number of nitrogens with zero attached hydrogens (tertiary/aromatic N) is 3. The van der Waals surface area contributed by atoms with Gasteiger partial charge in [-0.1, -0.05) is 18.2 Å². The minimum absolute atomic E-state index is 0.160. The first kappa shape index (κ1) is 16.5. The van der Waals surface area contributed by atoms with E-state index in [9.17, 15) is 14.3 Å². The van der Waals surface area contributed by atoms with Crippen molar-refractivity contribution in [2.75, 3.05) is 26.3 Å². The van der Waals surface area contributed by atoms with Crippen LogP contribution in [0.5, 0.6) is 0 Å². The van der Waals surface area contributed by atoms with Gasteiger partial charge in [0.2, 0.25) is 0 Å². The molecule has 0 spiro atoms. The quantitative estimate of drug-likeness (QED) is 0.907. The molecule has 0 aliphatic carbocycles. The molecule has 0 radical (unpaired) electrons. The summed E-state index contributed by atoms with van der Waals surface area (Å²) in [4.78, 5) is 22.0. The Morgan fingerprint density at radius 2 is 2.21 bits per heavy atom. The fraction of sp³-hybridized carbons (Fsp3) is 0.353. The fourth-order valence-corrected chi connectivity index (χ4v) is 2.84. The number of hydrogen-bond acceptors (Lipinski definition) is 5. The summed E-state index contributed by atoms with van der Waals surface area (Å²) in [5.74, 6) is -0.635. The zero-order valence-electron chi connectivity index (χ0n) is 13.1. The zero-order chi connectivity index (χ0) is 17.0. The molecule has 1 aromatic heterocycles. The van der Waals surface area contributed by atoms with Gasteiger partial charge < -0.3 is 14.7 Å². The van der Waals surface area contributed by atoms with E-state index in [-0.39, 0.29) is 43.6 Å². The topological polar surface area (TPSA) is 75.6 Å². The summed E-state index contributed by atoms with van der Waals surface area (Å²) < 4.78 is 19.7. The van der Waals surface area contributed by atoms with Crippen LogP contribution in [0.4, 0.5) is 4.39 Å². The summed E-state index contributed by atoms with van der Waals surface area (Å²) in [6, 6.07) is 6.36. The highest BCUT2D eigenvalue weighted by Gasteiger charge is 2.39. The number of aliphatic hydroxyl groups excluding tert-OH is 1. The molecule has 6 nitrogen and oxygen atoms in total. The van der Waals surface area contributed by atoms with Gasteiger partial charge in [0, 0.05) is 25.4 Å². The molecule has 126 valence electrons. The van der Waals surface area contributed by atoms with E-state index in [2.05, 4.69) is 9.97 Å². The molecule has 1 aliphatic heterocycles. The predicted molar refractivity (Wildman–Crippen MR) is 83.8 cm³/mol. The van der Waals surface area contributed by atoms with Gasteiger partial charge >= 0.3 is 0 Å². The van der Waals surface area contributed by atoms with Crippen LogP contribution in [-0.2, 0) is 11.2 Å². The molecular formula is C17H18FN3O3. The standard InChI is InChI=1S/C17H18FN3O3/c18-14-4-2-1-3-13(14)9-17(12-22)11-21(7-8-24-17)16(23)15-10-19-5-6-20-15/h1-6,10,22H,7-9,11-12H2/t17-/m0/s1. The molecule has 1 atom stereocenters. The number of carbonyl (C=O) groups excluding carboxylic acids is 1. The second kappa shape index (κ2) is 7.02. The van der Waals surface area contributed by atoms with Crippen molar-refractivity contribution >= 4 is 5.91 Å². The third-order valence-electron chi connectivity index (χ3n) is 4.08. The minimum atomic E-state index is -1.03. The van der Waals surface area contributed by atoms with Crippen LogP contribution in [0.2, 0.25) is 0 Å². The Balaban J connectivity index is 1.79. The highest BCUT2D eigenvalue weighted by atomic mass is 19.1. The van der Waals surface area contributed by atoms with E-state index in [0.717, 1.165) is 0 Å². The van der Waals surface area contributed by atoms with Crippen LogP contribution in [0.25, 0.3) is 0 Å². The fourth-order valence-electron chi connectivity index (χ4n) is 2.84. The first-order valence-electron chi connectivity index (χ1n) is 7.67. The molecule has 1 fully saturated rings. The van der Waals surface area contributed by atoms with Crippen LogP contribution in [0.15, 0.2) is 42.9 Å². The lowest BCUT2D eigenvalue weighted by Gasteiger charge is -2.41. The van der Waals surface area contributed by atoms with Gasteiger partial charge in [-0.2, -0.15) is 0 Å². The number of halogens is 1. The second-order valence-electron chi connectivity index (χ2n) is 5.78. The van der Waals surface area contributed by atoms with Crippen molar-refractivity contribution < 1.29 is 19.0 Å². The first-order chi connectivity index (χ1) is 11.6. The molecule has 0 saturated carbocycles. The number of amides is 1. The molecule has 1 N–H and O–H groups in total. The number of benzene rings is 1. The normalized spacial score (nSPS) is 20.8. The highest BCUT2D eigenvalue weighted by Crippen LogP contribution is 2.25. The smallest absolute Gasteiger partial charge is 0.274 e. The van der Waals surface area contributed by atoms with Gasteiger partial charge in [-0.05, 0) is 11.6 Å². The third kappa shape index (κ3) is 3.42. The number of rotatable bonds is 4. The van der Waals surface area contributed by atoms with Gasteiger partial charge in [-0.15, -0.1) is 0 Å². The molecule has 1 amide bonds. The third-order valence-corrected chi connectivity index (χ3v) is 4.08. The van der Waals surface area contributed by atoms with Gasteiger partial charge in [0.25, 0.3) is 5.91 Å². The Hall–Kier alpha value is -2.38. The van der Waals surface area contributed by atoms with E-state index in [4.69, 9.17) is 4.74 Å². The summed E-state index contributed by atoms with van der Waals surface area (Å²) in [6.07, 6.45) is 4.52. The van der Waals surface area contributed by atoms with Crippen LogP contribution < -0.4 is 0 Å². The molecule has 1 aliphatic rings. The summed E-state index contributed by atoms with van der Waals surface area (Å²) in [5, 5.41) is 9.85. The molecule has 2 heterocycles. The van der Waals surface area contributed by atoms with Crippen molar-refractivity contribution in [2.45, 2.75) is 12.0 Å². The Morgan fingerprint density at radius 1 is 1.38 bits per heavy atom. The lowest BCUT2D eigenvalue weighted by molar-refractivity contribution is -0.124. The summed E-state index contributed by atoms with van der Waals surface area (Å²) in [6.45, 7) is 0.494. The Labute approximate surface area is 138 Å². The van der Waals surface area contributed by atoms with Crippen molar-refractivity contribution in [2.24, 2.45) is 0 Å². The van der Waals surface area contributed by atoms with Crippen molar-refractivity contribution in [1.82, 2.24) is 14.9 Å². The maximum atomic E-state index is 13.9. The van der Waals surface area contributed by atoms with E-state index in [1.807, 2.05) is 0 Å². The van der Waals surface area contributed by atoms with Crippen molar-refractivity contribution in [1.29, 1.82) is 0 Å². The van der Waals surface area contributed by atoms with Crippen molar-refractivity contribution in [3.63, 3.8) is 0 Å². The average Bonchev–Trinajstić information content (AvgIpc) is 2.64. The molecule has 1 saturated heterocycles. The van der Waals surface area contributed by atoms with Crippen LogP contribution >= 0.6 is 0 Å². The molecule has 0 bridgehead atoms. The monoisotopic (exact) mass is 331 g/mol. The number of morpholine rings is 1. The van der Waals surface area contributed by atoms with Crippen molar-refractivity contribution in [3.05, 3.63) is 59.9 Å². The van der Waals surface area contributed by atoms with E-state index >= 15 is 0 Å². The largest absolute Gasteiger partial charge is 0.393 e. The zero-order valence-corrected chi connectivity index (χ0v) is 13.1. The molecule has 1 aromatic carbocycles. The first-order valence-corrected chi connectivity index (χ1v) is 7.67. The maximum Gasteiger partial charge on any atom is 0.274 e. The lowest BCUT2D eigenvalue weighted by Crippen LogP contribution is -2.57. The van der Waals surface area contributed by atoms with E-state index in [0.29, 0.717) is 12.1 Å². The summed E-state index contributed by atoms with van der Waals surface area (Å²) in [7, 11) is 0. The Morgan fingerprint density at radius 3 is 2.92 bits per heavy atom. The molecule has 3 rings (SSSR count). The Bertz CT molecular complexity index is 713. The molecule has 0 unspecified atom stereocenters. The van der Waals surface area contributed by atoms with Gasteiger partial charge in [0.05, 0.1) is 26.0 Å². The molecule has 2 aromatic rings. The Kier molecular flexibility index (Phi) is 4.82. The van der Waals surface area contributed by atoms with Gasteiger partial charge in [0.15, 0.2) is 0 Å². The highest BCUT2D eigenvalue weighted by molar-refractivity contribution is 5.92. The molecule has 7 heteroatoms. The number of aromatic nitrogens is 2. The van der Waals surface area contributed by atoms with Crippen LogP contribution in [0.1, 0.15) is 16.1 Å². The lowest BCUT2D eigenvalue weighted by atomic mass is 9.92. The van der Waals surface area contributed by atoms with Crippen LogP contribution in [0.3, 0.4) is 0 Å². The number of carbonyl (C=O) groups is 1. The van der Waals surface area contributed by atoms with Crippen molar-refractivity contribution in [3.8, 4) is 0 Å². The molecule has 24 heavy (non-hydrogen) atoms.